The number of nitrogens with two attached hydrogens (primary N) is 1. The monoisotopic (exact) mass is 220 g/mol. The Morgan fingerprint density at radius 2 is 2.07 bits per heavy atom. The first-order valence-corrected chi connectivity index (χ1v) is 5.94. The van der Waals surface area contributed by atoms with Gasteiger partial charge in [-0.1, -0.05) is 18.2 Å². The average molecular weight is 220 g/mol. The van der Waals surface area contributed by atoms with Crippen LogP contribution in [0.25, 0.3) is 10.1 Å². The van der Waals surface area contributed by atoms with E-state index >= 15 is 0 Å². The third-order valence-corrected chi connectivity index (χ3v) is 3.70. The molecule has 2 aromatic rings. The van der Waals surface area contributed by atoms with Gasteiger partial charge in [0.2, 0.25) is 0 Å². The molecular formula is C12H16N2S. The van der Waals surface area contributed by atoms with Gasteiger partial charge in [0.25, 0.3) is 0 Å². The lowest BCUT2D eigenvalue weighted by molar-refractivity contribution is 0.308. The fourth-order valence-electron chi connectivity index (χ4n) is 1.87. The van der Waals surface area contributed by atoms with Gasteiger partial charge in [-0.25, -0.2) is 0 Å². The molecule has 2 N–H and O–H groups in total. The van der Waals surface area contributed by atoms with E-state index < -0.39 is 0 Å². The maximum absolute atomic E-state index is 5.82. The summed E-state index contributed by atoms with van der Waals surface area (Å²) in [7, 11) is 4.15. The number of nitrogens with zero attached hydrogens (tertiary/aromatic N) is 1. The van der Waals surface area contributed by atoms with Crippen molar-refractivity contribution in [1.82, 2.24) is 4.90 Å². The maximum atomic E-state index is 5.82. The summed E-state index contributed by atoms with van der Waals surface area (Å²) in [6.07, 6.45) is 0. The lowest BCUT2D eigenvalue weighted by atomic mass is 10.1. The molecule has 2 nitrogen and oxygen atoms in total. The smallest absolute Gasteiger partial charge is 0.0479 e. The van der Waals surface area contributed by atoms with Crippen molar-refractivity contribution in [2.45, 2.75) is 6.04 Å². The van der Waals surface area contributed by atoms with E-state index in [1.165, 1.54) is 15.6 Å². The molecule has 1 aromatic carbocycles. The molecule has 1 aromatic heterocycles. The highest BCUT2D eigenvalue weighted by atomic mass is 32.1. The van der Waals surface area contributed by atoms with Crippen molar-refractivity contribution < 1.29 is 0 Å². The van der Waals surface area contributed by atoms with Crippen LogP contribution >= 0.6 is 11.3 Å². The molecule has 15 heavy (non-hydrogen) atoms. The van der Waals surface area contributed by atoms with E-state index in [0.717, 1.165) is 0 Å². The number of thiophene rings is 1. The standard InChI is InChI=1S/C12H16N2S/c1-14(2)11(7-13)10-8-15-12-6-4-3-5-9(10)12/h3-6,8,11H,7,13H2,1-2H3. The van der Waals surface area contributed by atoms with Crippen LogP contribution in [0.15, 0.2) is 29.6 Å². The summed E-state index contributed by atoms with van der Waals surface area (Å²) >= 11 is 1.79. The fourth-order valence-corrected chi connectivity index (χ4v) is 2.88. The number of fused-ring (bicyclic) bond motifs is 1. The van der Waals surface area contributed by atoms with E-state index in [2.05, 4.69) is 48.6 Å². The van der Waals surface area contributed by atoms with Crippen LogP contribution in [0, 0.1) is 0 Å². The summed E-state index contributed by atoms with van der Waals surface area (Å²) in [5.74, 6) is 0. The molecule has 1 unspecified atom stereocenters. The molecule has 0 aliphatic carbocycles. The molecule has 0 amide bonds. The van der Waals surface area contributed by atoms with Gasteiger partial charge in [0.1, 0.15) is 0 Å². The third kappa shape index (κ3) is 1.91. The highest BCUT2D eigenvalue weighted by molar-refractivity contribution is 7.17. The summed E-state index contributed by atoms with van der Waals surface area (Å²) in [6.45, 7) is 0.660. The Morgan fingerprint density at radius 3 is 2.73 bits per heavy atom. The Morgan fingerprint density at radius 1 is 1.33 bits per heavy atom. The third-order valence-electron chi connectivity index (χ3n) is 2.72. The average Bonchev–Trinajstić information content (AvgIpc) is 2.63. The van der Waals surface area contributed by atoms with Crippen molar-refractivity contribution in [2.75, 3.05) is 20.6 Å². The molecule has 0 saturated carbocycles. The predicted molar refractivity (Wildman–Crippen MR) is 67.3 cm³/mol. The molecule has 0 aliphatic heterocycles. The van der Waals surface area contributed by atoms with Crippen LogP contribution in [0.2, 0.25) is 0 Å². The summed E-state index contributed by atoms with van der Waals surface area (Å²) in [6, 6.07) is 8.82. The fraction of sp³-hybridized carbons (Fsp3) is 0.333. The molecular weight excluding hydrogens is 204 g/mol. The predicted octanol–water partition coefficient (Wildman–Crippen LogP) is 2.46. The van der Waals surface area contributed by atoms with Crippen LogP contribution in [0.4, 0.5) is 0 Å². The second kappa shape index (κ2) is 4.31. The first kappa shape index (κ1) is 10.6. The van der Waals surface area contributed by atoms with Gasteiger partial charge >= 0.3 is 0 Å². The van der Waals surface area contributed by atoms with Gasteiger partial charge in [0.15, 0.2) is 0 Å². The molecule has 0 saturated heterocycles. The molecule has 1 heterocycles. The number of benzene rings is 1. The van der Waals surface area contributed by atoms with Crippen molar-refractivity contribution >= 4 is 21.4 Å². The van der Waals surface area contributed by atoms with Crippen LogP contribution in [0.3, 0.4) is 0 Å². The van der Waals surface area contributed by atoms with Crippen molar-refractivity contribution in [3.05, 3.63) is 35.2 Å². The second-order valence-electron chi connectivity index (χ2n) is 3.90. The van der Waals surface area contributed by atoms with Gasteiger partial charge in [0.05, 0.1) is 0 Å². The first-order valence-electron chi connectivity index (χ1n) is 5.06. The van der Waals surface area contributed by atoms with E-state index in [0.29, 0.717) is 12.6 Å². The Bertz CT molecular complexity index is 448. The van der Waals surface area contributed by atoms with E-state index in [9.17, 15) is 0 Å². The number of rotatable bonds is 3. The zero-order chi connectivity index (χ0) is 10.8. The molecule has 0 spiro atoms. The van der Waals surface area contributed by atoms with Crippen LogP contribution in [0.1, 0.15) is 11.6 Å². The minimum absolute atomic E-state index is 0.321. The number of likely N-dealkylation sites (N-methyl/N-ethyl adjacent to an activating group) is 1. The van der Waals surface area contributed by atoms with E-state index in [-0.39, 0.29) is 0 Å². The first-order chi connectivity index (χ1) is 7.24. The highest BCUT2D eigenvalue weighted by Gasteiger charge is 2.15. The van der Waals surface area contributed by atoms with Crippen LogP contribution in [0.5, 0.6) is 0 Å². The quantitative estimate of drug-likeness (QED) is 0.861. The van der Waals surface area contributed by atoms with Gasteiger partial charge in [-0.05, 0) is 36.5 Å². The van der Waals surface area contributed by atoms with Crippen LogP contribution in [-0.2, 0) is 0 Å². The van der Waals surface area contributed by atoms with E-state index in [4.69, 9.17) is 5.73 Å². The largest absolute Gasteiger partial charge is 0.329 e. The molecule has 0 fully saturated rings. The highest BCUT2D eigenvalue weighted by Crippen LogP contribution is 2.31. The summed E-state index contributed by atoms with van der Waals surface area (Å²) in [5.41, 5.74) is 7.17. The van der Waals surface area contributed by atoms with Gasteiger partial charge < -0.3 is 10.6 Å². The van der Waals surface area contributed by atoms with Gasteiger partial charge in [-0.2, -0.15) is 0 Å². The van der Waals surface area contributed by atoms with Crippen molar-refractivity contribution in [1.29, 1.82) is 0 Å². The lowest BCUT2D eigenvalue weighted by Crippen LogP contribution is -2.26. The molecule has 80 valence electrons. The SMILES string of the molecule is CN(C)C(CN)c1csc2ccccc12. The number of hydrogen-bond donors (Lipinski definition) is 1. The topological polar surface area (TPSA) is 29.3 Å². The summed E-state index contributed by atoms with van der Waals surface area (Å²) in [5, 5.41) is 3.56. The normalized spacial score (nSPS) is 13.6. The summed E-state index contributed by atoms with van der Waals surface area (Å²) < 4.78 is 1.34. The summed E-state index contributed by atoms with van der Waals surface area (Å²) in [4.78, 5) is 2.18. The van der Waals surface area contributed by atoms with Gasteiger partial charge in [0, 0.05) is 17.3 Å². The lowest BCUT2D eigenvalue weighted by Gasteiger charge is -2.22. The Hall–Kier alpha value is -0.900. The molecule has 0 bridgehead atoms. The Kier molecular flexibility index (Phi) is 3.05. The van der Waals surface area contributed by atoms with Crippen molar-refractivity contribution in [2.24, 2.45) is 5.73 Å². The molecule has 2 rings (SSSR count). The van der Waals surface area contributed by atoms with Gasteiger partial charge in [-0.15, -0.1) is 11.3 Å². The Labute approximate surface area is 94.3 Å². The molecule has 0 aliphatic rings. The van der Waals surface area contributed by atoms with E-state index in [1.54, 1.807) is 11.3 Å². The minimum Gasteiger partial charge on any atom is -0.329 e. The molecule has 3 heteroatoms. The van der Waals surface area contributed by atoms with Crippen molar-refractivity contribution in [3.8, 4) is 0 Å². The number of hydrogen-bond acceptors (Lipinski definition) is 3. The zero-order valence-electron chi connectivity index (χ0n) is 9.10. The second-order valence-corrected chi connectivity index (χ2v) is 4.81. The minimum atomic E-state index is 0.321. The van der Waals surface area contributed by atoms with Gasteiger partial charge in [-0.3, -0.25) is 0 Å². The van der Waals surface area contributed by atoms with Crippen LogP contribution in [-0.4, -0.2) is 25.5 Å². The van der Waals surface area contributed by atoms with Crippen LogP contribution < -0.4 is 5.73 Å². The Balaban J connectivity index is 2.51. The molecule has 1 atom stereocenters. The molecule has 0 radical (unpaired) electrons. The zero-order valence-corrected chi connectivity index (χ0v) is 9.92. The maximum Gasteiger partial charge on any atom is 0.0479 e. The van der Waals surface area contributed by atoms with Crippen molar-refractivity contribution in [3.63, 3.8) is 0 Å². The van der Waals surface area contributed by atoms with E-state index in [1.807, 2.05) is 0 Å².